The van der Waals surface area contributed by atoms with Crippen LogP contribution in [-0.2, 0) is 4.74 Å². The maximum Gasteiger partial charge on any atom is 0.253 e. The van der Waals surface area contributed by atoms with E-state index in [2.05, 4.69) is 34.5 Å². The standard InChI is InChI=1S/C21H24N2O2/c24-21(22-15-17-14-19(17)16-6-2-1-3-7-16)18-8-4-5-9-20(18)23-10-12-25-13-11-23/h1-9,17,19H,10-15H2,(H,22,24). The minimum atomic E-state index is 0.0285. The first-order valence-electron chi connectivity index (χ1n) is 9.08. The first kappa shape index (κ1) is 16.2. The van der Waals surface area contributed by atoms with Gasteiger partial charge in [0.25, 0.3) is 5.91 Å². The van der Waals surface area contributed by atoms with Gasteiger partial charge in [-0.3, -0.25) is 4.79 Å². The van der Waals surface area contributed by atoms with Gasteiger partial charge in [-0.25, -0.2) is 0 Å². The average molecular weight is 336 g/mol. The van der Waals surface area contributed by atoms with E-state index in [1.165, 1.54) is 5.56 Å². The Labute approximate surface area is 148 Å². The lowest BCUT2D eigenvalue weighted by molar-refractivity contribution is 0.0950. The largest absolute Gasteiger partial charge is 0.378 e. The van der Waals surface area contributed by atoms with Gasteiger partial charge in [-0.05, 0) is 36.0 Å². The number of hydrogen-bond donors (Lipinski definition) is 1. The van der Waals surface area contributed by atoms with Crippen LogP contribution in [0.25, 0.3) is 0 Å². The Morgan fingerprint density at radius 2 is 1.76 bits per heavy atom. The van der Waals surface area contributed by atoms with E-state index in [-0.39, 0.29) is 5.91 Å². The van der Waals surface area contributed by atoms with Crippen molar-refractivity contribution in [2.24, 2.45) is 5.92 Å². The summed E-state index contributed by atoms with van der Waals surface area (Å²) < 4.78 is 5.42. The number of rotatable bonds is 5. The molecule has 130 valence electrons. The third kappa shape index (κ3) is 3.69. The minimum Gasteiger partial charge on any atom is -0.378 e. The van der Waals surface area contributed by atoms with Crippen molar-refractivity contribution in [2.75, 3.05) is 37.7 Å². The fourth-order valence-corrected chi connectivity index (χ4v) is 3.65. The van der Waals surface area contributed by atoms with E-state index >= 15 is 0 Å². The van der Waals surface area contributed by atoms with Crippen LogP contribution in [0.5, 0.6) is 0 Å². The van der Waals surface area contributed by atoms with Gasteiger partial charge in [0.2, 0.25) is 0 Å². The lowest BCUT2D eigenvalue weighted by Crippen LogP contribution is -2.38. The van der Waals surface area contributed by atoms with Gasteiger partial charge in [0.1, 0.15) is 0 Å². The zero-order valence-corrected chi connectivity index (χ0v) is 14.4. The fraction of sp³-hybridized carbons (Fsp3) is 0.381. The molecule has 2 aliphatic rings. The summed E-state index contributed by atoms with van der Waals surface area (Å²) in [4.78, 5) is 15.0. The van der Waals surface area contributed by atoms with Gasteiger partial charge in [0, 0.05) is 25.3 Å². The number of ether oxygens (including phenoxy) is 1. The second-order valence-corrected chi connectivity index (χ2v) is 6.84. The molecule has 4 rings (SSSR count). The van der Waals surface area contributed by atoms with Gasteiger partial charge >= 0.3 is 0 Å². The van der Waals surface area contributed by atoms with Crippen LogP contribution in [0.3, 0.4) is 0 Å². The second kappa shape index (κ2) is 7.28. The number of nitrogens with one attached hydrogen (secondary N) is 1. The predicted octanol–water partition coefficient (Wildman–Crippen LogP) is 3.06. The number of carbonyl (C=O) groups excluding carboxylic acids is 1. The third-order valence-electron chi connectivity index (χ3n) is 5.18. The summed E-state index contributed by atoms with van der Waals surface area (Å²) in [5.74, 6) is 1.18. The molecule has 0 radical (unpaired) electrons. The molecule has 0 bridgehead atoms. The van der Waals surface area contributed by atoms with Crippen molar-refractivity contribution in [1.29, 1.82) is 0 Å². The van der Waals surface area contributed by atoms with Gasteiger partial charge in [0.05, 0.1) is 18.8 Å². The van der Waals surface area contributed by atoms with Crippen molar-refractivity contribution >= 4 is 11.6 Å². The van der Waals surface area contributed by atoms with E-state index in [9.17, 15) is 4.79 Å². The maximum atomic E-state index is 12.7. The summed E-state index contributed by atoms with van der Waals surface area (Å²) >= 11 is 0. The molecule has 1 heterocycles. The Kier molecular flexibility index (Phi) is 4.70. The second-order valence-electron chi connectivity index (χ2n) is 6.84. The third-order valence-corrected chi connectivity index (χ3v) is 5.18. The molecule has 2 fully saturated rings. The summed E-state index contributed by atoms with van der Waals surface area (Å²) in [6.45, 7) is 3.86. The molecule has 1 N–H and O–H groups in total. The highest BCUT2D eigenvalue weighted by molar-refractivity contribution is 5.99. The van der Waals surface area contributed by atoms with Gasteiger partial charge in [-0.2, -0.15) is 0 Å². The Balaban J connectivity index is 1.37. The van der Waals surface area contributed by atoms with Gasteiger partial charge in [-0.15, -0.1) is 0 Å². The minimum absolute atomic E-state index is 0.0285. The molecule has 0 aromatic heterocycles. The van der Waals surface area contributed by atoms with Gasteiger partial charge in [0.15, 0.2) is 0 Å². The number of nitrogens with zero attached hydrogens (tertiary/aromatic N) is 1. The summed E-state index contributed by atoms with van der Waals surface area (Å²) in [5, 5.41) is 3.14. The predicted molar refractivity (Wildman–Crippen MR) is 99.1 cm³/mol. The highest BCUT2D eigenvalue weighted by atomic mass is 16.5. The highest BCUT2D eigenvalue weighted by Crippen LogP contribution is 2.46. The van der Waals surface area contributed by atoms with Crippen LogP contribution in [0.15, 0.2) is 54.6 Å². The van der Waals surface area contributed by atoms with Crippen LogP contribution in [0.4, 0.5) is 5.69 Å². The van der Waals surface area contributed by atoms with Crippen LogP contribution in [0.1, 0.15) is 28.3 Å². The van der Waals surface area contributed by atoms with Crippen molar-refractivity contribution in [3.05, 3.63) is 65.7 Å². The first-order valence-corrected chi connectivity index (χ1v) is 9.08. The Morgan fingerprint density at radius 3 is 2.56 bits per heavy atom. The van der Waals surface area contributed by atoms with Crippen molar-refractivity contribution in [3.8, 4) is 0 Å². The molecule has 2 aromatic rings. The van der Waals surface area contributed by atoms with Crippen LogP contribution < -0.4 is 10.2 Å². The fourth-order valence-electron chi connectivity index (χ4n) is 3.65. The molecule has 2 atom stereocenters. The number of amides is 1. The topological polar surface area (TPSA) is 41.6 Å². The molecule has 1 aliphatic carbocycles. The summed E-state index contributed by atoms with van der Waals surface area (Å²) in [6, 6.07) is 18.5. The summed E-state index contributed by atoms with van der Waals surface area (Å²) in [5.41, 5.74) is 3.16. The van der Waals surface area contributed by atoms with Crippen LogP contribution in [0.2, 0.25) is 0 Å². The quantitative estimate of drug-likeness (QED) is 0.912. The highest BCUT2D eigenvalue weighted by Gasteiger charge is 2.38. The van der Waals surface area contributed by atoms with E-state index < -0.39 is 0 Å². The zero-order valence-electron chi connectivity index (χ0n) is 14.4. The molecule has 2 unspecified atom stereocenters. The monoisotopic (exact) mass is 336 g/mol. The molecule has 1 amide bonds. The molecule has 4 heteroatoms. The molecule has 1 aliphatic heterocycles. The SMILES string of the molecule is O=C(NCC1CC1c1ccccc1)c1ccccc1N1CCOCC1. The molecular formula is C21H24N2O2. The van der Waals surface area contributed by atoms with Gasteiger partial charge < -0.3 is 15.0 Å². The maximum absolute atomic E-state index is 12.7. The summed E-state index contributed by atoms with van der Waals surface area (Å²) in [6.07, 6.45) is 1.16. The number of morpholine rings is 1. The number of hydrogen-bond acceptors (Lipinski definition) is 3. The van der Waals surface area contributed by atoms with Gasteiger partial charge in [-0.1, -0.05) is 42.5 Å². The number of para-hydroxylation sites is 1. The van der Waals surface area contributed by atoms with Crippen molar-refractivity contribution in [3.63, 3.8) is 0 Å². The van der Waals surface area contributed by atoms with Crippen LogP contribution >= 0.6 is 0 Å². The molecule has 0 spiro atoms. The Hall–Kier alpha value is -2.33. The molecular weight excluding hydrogens is 312 g/mol. The molecule has 1 saturated heterocycles. The molecule has 2 aromatic carbocycles. The molecule has 25 heavy (non-hydrogen) atoms. The lowest BCUT2D eigenvalue weighted by atomic mass is 10.1. The van der Waals surface area contributed by atoms with E-state index in [0.717, 1.165) is 50.5 Å². The van der Waals surface area contributed by atoms with E-state index in [1.54, 1.807) is 0 Å². The van der Waals surface area contributed by atoms with Crippen molar-refractivity contribution < 1.29 is 9.53 Å². The Bertz CT molecular complexity index is 726. The summed E-state index contributed by atoms with van der Waals surface area (Å²) in [7, 11) is 0. The first-order chi connectivity index (χ1) is 12.3. The Morgan fingerprint density at radius 1 is 1.04 bits per heavy atom. The van der Waals surface area contributed by atoms with Crippen LogP contribution in [0, 0.1) is 5.92 Å². The van der Waals surface area contributed by atoms with E-state index in [1.807, 2.05) is 30.3 Å². The van der Waals surface area contributed by atoms with Crippen molar-refractivity contribution in [1.82, 2.24) is 5.32 Å². The van der Waals surface area contributed by atoms with E-state index in [4.69, 9.17) is 4.74 Å². The van der Waals surface area contributed by atoms with Crippen LogP contribution in [-0.4, -0.2) is 38.8 Å². The smallest absolute Gasteiger partial charge is 0.253 e. The van der Waals surface area contributed by atoms with Crippen molar-refractivity contribution in [2.45, 2.75) is 12.3 Å². The number of anilines is 1. The zero-order chi connectivity index (χ0) is 17.1. The number of benzene rings is 2. The average Bonchev–Trinajstić information content (AvgIpc) is 3.47. The molecule has 4 nitrogen and oxygen atoms in total. The number of carbonyl (C=O) groups is 1. The molecule has 1 saturated carbocycles. The normalized spacial score (nSPS) is 22.5. The van der Waals surface area contributed by atoms with E-state index in [0.29, 0.717) is 11.8 Å². The lowest BCUT2D eigenvalue weighted by Gasteiger charge is -2.30.